The van der Waals surface area contributed by atoms with Gasteiger partial charge >= 0.3 is 13.1 Å². The van der Waals surface area contributed by atoms with Crippen molar-refractivity contribution in [3.63, 3.8) is 0 Å². The average molecular weight is 614 g/mol. The predicted octanol–water partition coefficient (Wildman–Crippen LogP) is 3.36. The van der Waals surface area contributed by atoms with Crippen LogP contribution < -0.4 is 15.5 Å². The highest BCUT2D eigenvalue weighted by Gasteiger charge is 2.69. The fraction of sp³-hybridized carbons (Fsp3) is 0.727. The molecule has 44 heavy (non-hydrogen) atoms. The molecule has 9 atom stereocenters. The Morgan fingerprint density at radius 3 is 2.61 bits per heavy atom. The lowest BCUT2D eigenvalue weighted by molar-refractivity contribution is -0.200. The van der Waals surface area contributed by atoms with Gasteiger partial charge in [0.2, 0.25) is 5.91 Å². The number of aliphatic hydroxyl groups is 1. The number of nitrogens with one attached hydrogen (secondary N) is 1. The molecular weight excluding hydrogens is 568 g/mol. The van der Waals surface area contributed by atoms with E-state index < -0.39 is 59.2 Å². The van der Waals surface area contributed by atoms with Crippen LogP contribution in [0.15, 0.2) is 12.1 Å². The van der Waals surface area contributed by atoms with Gasteiger partial charge in [0.15, 0.2) is 17.7 Å². The van der Waals surface area contributed by atoms with Gasteiger partial charge in [0, 0.05) is 36.2 Å². The number of amides is 1. The summed E-state index contributed by atoms with van der Waals surface area (Å²) in [5, 5.41) is 36.2. The van der Waals surface area contributed by atoms with Crippen LogP contribution in [0.1, 0.15) is 91.0 Å². The third-order valence-corrected chi connectivity index (χ3v) is 12.6. The first-order valence-electron chi connectivity index (χ1n) is 16.2. The number of ketones is 1. The lowest BCUT2D eigenvalue weighted by Gasteiger charge is -2.63. The van der Waals surface area contributed by atoms with Gasteiger partial charge in [0.25, 0.3) is 0 Å². The molecule has 5 aliphatic rings. The number of Topliss-reactive ketones (excluding diaryl/α,β-unsaturated/α-hetero) is 1. The normalized spacial score (nSPS) is 38.8. The number of fused-ring (bicyclic) bond motifs is 1. The summed E-state index contributed by atoms with van der Waals surface area (Å²) >= 11 is 0. The monoisotopic (exact) mass is 613 g/mol. The Labute approximate surface area is 258 Å². The average Bonchev–Trinajstić information content (AvgIpc) is 3.61. The lowest BCUT2D eigenvalue weighted by atomic mass is 9.41. The van der Waals surface area contributed by atoms with Gasteiger partial charge in [0.05, 0.1) is 12.7 Å². The number of benzene rings is 1. The Morgan fingerprint density at radius 2 is 1.93 bits per heavy atom. The number of carbonyl (C=O) groups excluding carboxylic acids is 2. The number of halogens is 1. The van der Waals surface area contributed by atoms with Crippen LogP contribution in [0.25, 0.3) is 0 Å². The first-order valence-corrected chi connectivity index (χ1v) is 16.2. The van der Waals surface area contributed by atoms with Crippen LogP contribution in [0.3, 0.4) is 0 Å². The van der Waals surface area contributed by atoms with Crippen molar-refractivity contribution >= 4 is 30.2 Å². The van der Waals surface area contributed by atoms with Crippen molar-refractivity contribution in [1.82, 2.24) is 5.32 Å². The number of ether oxygens (including phenoxy) is 1. The number of rotatable bonds is 8. The summed E-state index contributed by atoms with van der Waals surface area (Å²) in [6.07, 6.45) is 2.64. The Balaban J connectivity index is 1.45. The number of carboxylic acid groups (broad SMARTS) is 1. The summed E-state index contributed by atoms with van der Waals surface area (Å²) in [5.74, 6) is -4.06. The number of carbonyl (C=O) groups is 3. The van der Waals surface area contributed by atoms with E-state index in [9.17, 15) is 29.6 Å². The number of carboxylic acids is 1. The Bertz CT molecular complexity index is 1360. The van der Waals surface area contributed by atoms with Gasteiger partial charge in [-0.15, -0.1) is 0 Å². The molecule has 1 unspecified atom stereocenters. The molecule has 0 saturated heterocycles. The van der Waals surface area contributed by atoms with E-state index in [1.54, 1.807) is 6.07 Å². The van der Waals surface area contributed by atoms with Crippen molar-refractivity contribution in [3.05, 3.63) is 23.5 Å². The molecule has 2 bridgehead atoms. The topological polar surface area (TPSA) is 142 Å². The van der Waals surface area contributed by atoms with Crippen molar-refractivity contribution in [1.29, 1.82) is 0 Å². The first kappa shape index (κ1) is 31.5. The van der Waals surface area contributed by atoms with Crippen molar-refractivity contribution in [3.8, 4) is 5.75 Å². The molecule has 11 heteroatoms. The van der Waals surface area contributed by atoms with E-state index in [1.165, 1.54) is 6.07 Å². The predicted molar refractivity (Wildman–Crippen MR) is 159 cm³/mol. The zero-order valence-corrected chi connectivity index (χ0v) is 26.1. The number of hydrogen-bond acceptors (Lipinski definition) is 7. The highest BCUT2D eigenvalue weighted by Crippen LogP contribution is 2.69. The molecule has 0 aromatic heterocycles. The molecule has 4 N–H and O–H groups in total. The molecule has 6 rings (SSSR count). The smallest absolute Gasteiger partial charge is 0.478 e. The van der Waals surface area contributed by atoms with Crippen LogP contribution in [0.4, 0.5) is 4.39 Å². The second-order valence-corrected chi connectivity index (χ2v) is 15.0. The van der Waals surface area contributed by atoms with Crippen molar-refractivity contribution in [2.75, 3.05) is 0 Å². The van der Waals surface area contributed by atoms with Crippen LogP contribution >= 0.6 is 0 Å². The van der Waals surface area contributed by atoms with E-state index in [0.29, 0.717) is 24.8 Å². The van der Waals surface area contributed by atoms with Crippen molar-refractivity contribution in [2.24, 2.45) is 39.9 Å². The Hall–Kier alpha value is -2.50. The van der Waals surface area contributed by atoms with Gasteiger partial charge in [0.1, 0.15) is 5.78 Å². The van der Waals surface area contributed by atoms with Gasteiger partial charge < -0.3 is 29.9 Å². The molecule has 240 valence electrons. The minimum absolute atomic E-state index is 0.0307. The van der Waals surface area contributed by atoms with E-state index >= 15 is 4.39 Å². The summed E-state index contributed by atoms with van der Waals surface area (Å²) in [6.45, 7) is 8.04. The van der Waals surface area contributed by atoms with Gasteiger partial charge in [-0.2, -0.15) is 0 Å². The minimum atomic E-state index is -1.56. The standard InChI is InChI=1S/C33H45BFNO8/c1-17-9-13-33-14-10-22(37)28(33)32(17,4)21(15-31(3,29(39)18(33)2)12-11-24(38)36-20-6-7-20)27(30(40)41)44-23-8-5-19-16-43-34(42)25(19)26(23)35/h5,8,17-18,20-21,27-29,39,42H,6-7,9-16H2,1-4H3,(H,36,38)(H,40,41)/t17-,18+,21+,27?,28+,29+,31-,32-,33+/m1/s1. The zero-order chi connectivity index (χ0) is 31.8. The van der Waals surface area contributed by atoms with E-state index in [1.807, 2.05) is 20.8 Å². The summed E-state index contributed by atoms with van der Waals surface area (Å²) in [7, 11) is -1.48. The van der Waals surface area contributed by atoms with E-state index in [-0.39, 0.29) is 60.2 Å². The molecule has 9 nitrogen and oxygen atoms in total. The number of aliphatic hydroxyl groups excluding tert-OH is 1. The molecule has 0 radical (unpaired) electrons. The molecular formula is C33H45BFNO8. The van der Waals surface area contributed by atoms with Crippen LogP contribution in [-0.4, -0.2) is 58.3 Å². The molecule has 1 aliphatic heterocycles. The molecule has 4 fully saturated rings. The molecule has 4 aliphatic carbocycles. The molecule has 1 aromatic carbocycles. The van der Waals surface area contributed by atoms with Gasteiger partial charge in [-0.25, -0.2) is 9.18 Å². The third-order valence-electron chi connectivity index (χ3n) is 12.6. The molecule has 1 heterocycles. The summed E-state index contributed by atoms with van der Waals surface area (Å²) < 4.78 is 27.0. The molecule has 0 spiro atoms. The summed E-state index contributed by atoms with van der Waals surface area (Å²) in [4.78, 5) is 39.9. The summed E-state index contributed by atoms with van der Waals surface area (Å²) in [5.41, 5.74) is -1.84. The maximum absolute atomic E-state index is 15.7. The van der Waals surface area contributed by atoms with E-state index in [2.05, 4.69) is 12.2 Å². The molecule has 1 amide bonds. The SMILES string of the molecule is C[C@@H]1CC[C@@]23CCC(=O)[C@H]2[C@@]1(C)[C@H](C(Oc1ccc2c(c1F)B(O)OC2)C(=O)O)C[C@@](C)(CCC(=O)NC1CC1)[C@@H](O)[C@@H]3C. The quantitative estimate of drug-likeness (QED) is 0.327. The van der Waals surface area contributed by atoms with Gasteiger partial charge in [-0.1, -0.05) is 33.8 Å². The highest BCUT2D eigenvalue weighted by atomic mass is 19.1. The van der Waals surface area contributed by atoms with Crippen LogP contribution in [0, 0.1) is 45.7 Å². The fourth-order valence-corrected chi connectivity index (χ4v) is 9.74. The second-order valence-electron chi connectivity index (χ2n) is 15.0. The third kappa shape index (κ3) is 4.88. The van der Waals surface area contributed by atoms with Crippen molar-refractivity contribution < 1.29 is 43.4 Å². The number of hydrogen-bond donors (Lipinski definition) is 4. The highest BCUT2D eigenvalue weighted by molar-refractivity contribution is 6.61. The first-order chi connectivity index (χ1) is 20.7. The maximum atomic E-state index is 15.7. The van der Waals surface area contributed by atoms with Gasteiger partial charge in [-0.05, 0) is 84.7 Å². The van der Waals surface area contributed by atoms with Gasteiger partial charge in [-0.3, -0.25) is 9.59 Å². The minimum Gasteiger partial charge on any atom is -0.478 e. The molecule has 1 aromatic rings. The maximum Gasteiger partial charge on any atom is 0.494 e. The second kappa shape index (κ2) is 11.1. The van der Waals surface area contributed by atoms with Crippen LogP contribution in [0.5, 0.6) is 5.75 Å². The van der Waals surface area contributed by atoms with Crippen LogP contribution in [-0.2, 0) is 25.6 Å². The fourth-order valence-electron chi connectivity index (χ4n) is 9.74. The van der Waals surface area contributed by atoms with E-state index in [4.69, 9.17) is 9.39 Å². The number of aliphatic carboxylic acids is 1. The zero-order valence-electron chi connectivity index (χ0n) is 26.1. The van der Waals surface area contributed by atoms with Crippen molar-refractivity contribution in [2.45, 2.75) is 110 Å². The molecule has 4 saturated carbocycles. The Kier molecular flexibility index (Phi) is 7.93. The Morgan fingerprint density at radius 1 is 1.20 bits per heavy atom. The summed E-state index contributed by atoms with van der Waals surface area (Å²) in [6, 6.07) is 3.12. The lowest BCUT2D eigenvalue weighted by Crippen LogP contribution is -2.64. The van der Waals surface area contributed by atoms with E-state index in [0.717, 1.165) is 25.7 Å². The largest absolute Gasteiger partial charge is 0.494 e. The van der Waals surface area contributed by atoms with Crippen LogP contribution in [0.2, 0.25) is 0 Å².